The van der Waals surface area contributed by atoms with E-state index in [-0.39, 0.29) is 18.9 Å². The molecule has 2 aromatic carbocycles. The highest BCUT2D eigenvalue weighted by Gasteiger charge is 2.23. The van der Waals surface area contributed by atoms with E-state index < -0.39 is 5.97 Å². The van der Waals surface area contributed by atoms with Crippen LogP contribution in [-0.2, 0) is 27.2 Å². The molecule has 1 aliphatic heterocycles. The minimum Gasteiger partial charge on any atom is -0.455 e. The lowest BCUT2D eigenvalue weighted by molar-refractivity contribution is -0.147. The van der Waals surface area contributed by atoms with Crippen molar-refractivity contribution in [3.8, 4) is 11.5 Å². The van der Waals surface area contributed by atoms with Gasteiger partial charge in [-0.15, -0.1) is 0 Å². The number of hydrogen-bond acceptors (Lipinski definition) is 5. The van der Waals surface area contributed by atoms with Gasteiger partial charge in [0, 0.05) is 17.8 Å². The molecule has 0 fully saturated rings. The summed E-state index contributed by atoms with van der Waals surface area (Å²) in [5, 5.41) is 0. The number of rotatable bonds is 5. The zero-order valence-electron chi connectivity index (χ0n) is 15.3. The first-order valence-corrected chi connectivity index (χ1v) is 9.24. The molecule has 2 heterocycles. The highest BCUT2D eigenvalue weighted by Crippen LogP contribution is 2.26. The Morgan fingerprint density at radius 1 is 1.07 bits per heavy atom. The summed E-state index contributed by atoms with van der Waals surface area (Å²) >= 11 is 0. The zero-order valence-corrected chi connectivity index (χ0v) is 15.3. The summed E-state index contributed by atoms with van der Waals surface area (Å²) in [6.45, 7) is 0.355. The van der Waals surface area contributed by atoms with Crippen molar-refractivity contribution >= 4 is 17.6 Å². The molecular formula is C22H20N2O4. The van der Waals surface area contributed by atoms with Gasteiger partial charge in [-0.25, -0.2) is 4.98 Å². The predicted octanol–water partition coefficient (Wildman–Crippen LogP) is 3.41. The summed E-state index contributed by atoms with van der Waals surface area (Å²) in [6, 6.07) is 17.3. The van der Waals surface area contributed by atoms with Crippen molar-refractivity contribution in [3.05, 3.63) is 72.1 Å². The lowest BCUT2D eigenvalue weighted by Crippen LogP contribution is -2.38. The van der Waals surface area contributed by atoms with Gasteiger partial charge in [0.2, 0.25) is 5.89 Å². The lowest BCUT2D eigenvalue weighted by Gasteiger charge is -2.29. The summed E-state index contributed by atoms with van der Waals surface area (Å²) in [5.41, 5.74) is 3.35. The Bertz CT molecular complexity index is 981. The summed E-state index contributed by atoms with van der Waals surface area (Å²) < 4.78 is 10.6. The van der Waals surface area contributed by atoms with E-state index in [1.165, 1.54) is 6.26 Å². The van der Waals surface area contributed by atoms with Crippen LogP contribution in [0.2, 0.25) is 0 Å². The van der Waals surface area contributed by atoms with Gasteiger partial charge in [-0.2, -0.15) is 0 Å². The second-order valence-electron chi connectivity index (χ2n) is 6.63. The normalized spacial score (nSPS) is 13.1. The SMILES string of the molecule is O=C(Cc1coc(-c2ccccc2)n1)OCC(=O)N1CCCc2ccccc21. The third kappa shape index (κ3) is 3.96. The minimum absolute atomic E-state index is 0.0415. The van der Waals surface area contributed by atoms with Crippen LogP contribution in [0.1, 0.15) is 17.7 Å². The minimum atomic E-state index is -0.508. The van der Waals surface area contributed by atoms with Crippen LogP contribution in [0.3, 0.4) is 0 Å². The molecule has 6 heteroatoms. The molecule has 0 unspecified atom stereocenters. The number of ether oxygens (including phenoxy) is 1. The Morgan fingerprint density at radius 2 is 1.86 bits per heavy atom. The van der Waals surface area contributed by atoms with E-state index in [0.29, 0.717) is 18.1 Å². The molecule has 1 aromatic heterocycles. The average molecular weight is 376 g/mol. The van der Waals surface area contributed by atoms with E-state index in [1.54, 1.807) is 4.90 Å². The molecule has 0 atom stereocenters. The summed E-state index contributed by atoms with van der Waals surface area (Å²) in [4.78, 5) is 30.6. The number of aromatic nitrogens is 1. The molecule has 0 bridgehead atoms. The molecule has 6 nitrogen and oxygen atoms in total. The van der Waals surface area contributed by atoms with Gasteiger partial charge in [0.1, 0.15) is 6.26 Å². The first kappa shape index (κ1) is 18.0. The van der Waals surface area contributed by atoms with Crippen molar-refractivity contribution in [3.63, 3.8) is 0 Å². The smallest absolute Gasteiger partial charge is 0.312 e. The molecule has 0 aliphatic carbocycles. The quantitative estimate of drug-likeness (QED) is 0.638. The Morgan fingerprint density at radius 3 is 2.71 bits per heavy atom. The van der Waals surface area contributed by atoms with Crippen LogP contribution in [0.25, 0.3) is 11.5 Å². The third-order valence-electron chi connectivity index (χ3n) is 4.67. The van der Waals surface area contributed by atoms with Gasteiger partial charge in [-0.05, 0) is 36.6 Å². The molecule has 1 amide bonds. The topological polar surface area (TPSA) is 72.6 Å². The highest BCUT2D eigenvalue weighted by molar-refractivity contribution is 5.96. The molecule has 142 valence electrons. The maximum absolute atomic E-state index is 12.5. The van der Waals surface area contributed by atoms with Crippen LogP contribution in [0.15, 0.2) is 65.3 Å². The number of nitrogens with zero attached hydrogens (tertiary/aromatic N) is 2. The van der Waals surface area contributed by atoms with Crippen molar-refractivity contribution in [2.75, 3.05) is 18.1 Å². The fourth-order valence-corrected chi connectivity index (χ4v) is 3.31. The zero-order chi connectivity index (χ0) is 19.3. The van der Waals surface area contributed by atoms with Crippen LogP contribution in [0.4, 0.5) is 5.69 Å². The van der Waals surface area contributed by atoms with Gasteiger partial charge in [-0.1, -0.05) is 36.4 Å². The molecule has 0 N–H and O–H groups in total. The predicted molar refractivity (Wildman–Crippen MR) is 104 cm³/mol. The molecule has 1 aliphatic rings. The molecular weight excluding hydrogens is 356 g/mol. The molecule has 28 heavy (non-hydrogen) atoms. The van der Waals surface area contributed by atoms with Gasteiger partial charge in [0.05, 0.1) is 12.1 Å². The number of oxazole rings is 1. The van der Waals surface area contributed by atoms with Gasteiger partial charge in [0.15, 0.2) is 6.61 Å². The van der Waals surface area contributed by atoms with Crippen LogP contribution < -0.4 is 4.90 Å². The number of para-hydroxylation sites is 1. The van der Waals surface area contributed by atoms with E-state index in [1.807, 2.05) is 54.6 Å². The number of aryl methyl sites for hydroxylation is 1. The lowest BCUT2D eigenvalue weighted by atomic mass is 10.0. The monoisotopic (exact) mass is 376 g/mol. The van der Waals surface area contributed by atoms with Crippen LogP contribution >= 0.6 is 0 Å². The standard InChI is InChI=1S/C22H20N2O4/c25-20(24-12-6-10-16-7-4-5-11-19(16)24)15-27-21(26)13-18-14-28-22(23-18)17-8-2-1-3-9-17/h1-5,7-9,11,14H,6,10,12-13,15H2. The van der Waals surface area contributed by atoms with Gasteiger partial charge in [0.25, 0.3) is 5.91 Å². The van der Waals surface area contributed by atoms with E-state index in [0.717, 1.165) is 29.7 Å². The Balaban J connectivity index is 1.33. The number of benzene rings is 2. The fourth-order valence-electron chi connectivity index (χ4n) is 3.31. The molecule has 0 saturated carbocycles. The maximum atomic E-state index is 12.5. The number of carbonyl (C=O) groups excluding carboxylic acids is 2. The van der Waals surface area contributed by atoms with Crippen molar-refractivity contribution in [2.24, 2.45) is 0 Å². The number of carbonyl (C=O) groups is 2. The maximum Gasteiger partial charge on any atom is 0.312 e. The molecule has 0 saturated heterocycles. The summed E-state index contributed by atoms with van der Waals surface area (Å²) in [7, 11) is 0. The number of hydrogen-bond donors (Lipinski definition) is 0. The van der Waals surface area contributed by atoms with Gasteiger partial charge >= 0.3 is 5.97 Å². The average Bonchev–Trinajstić information content (AvgIpc) is 3.20. The Hall–Kier alpha value is -3.41. The van der Waals surface area contributed by atoms with E-state index in [4.69, 9.17) is 9.15 Å². The fraction of sp³-hybridized carbons (Fsp3) is 0.227. The molecule has 0 spiro atoms. The van der Waals surface area contributed by atoms with Crippen LogP contribution in [0, 0.1) is 0 Å². The summed E-state index contributed by atoms with van der Waals surface area (Å²) in [5.74, 6) is -0.276. The van der Waals surface area contributed by atoms with Crippen molar-refractivity contribution in [2.45, 2.75) is 19.3 Å². The van der Waals surface area contributed by atoms with Crippen LogP contribution in [0.5, 0.6) is 0 Å². The van der Waals surface area contributed by atoms with E-state index in [9.17, 15) is 9.59 Å². The Labute approximate surface area is 162 Å². The molecule has 3 aromatic rings. The Kier molecular flexibility index (Phi) is 5.19. The third-order valence-corrected chi connectivity index (χ3v) is 4.67. The van der Waals surface area contributed by atoms with Gasteiger partial charge in [-0.3, -0.25) is 9.59 Å². The highest BCUT2D eigenvalue weighted by atomic mass is 16.5. The van der Waals surface area contributed by atoms with Crippen molar-refractivity contribution in [1.29, 1.82) is 0 Å². The van der Waals surface area contributed by atoms with Gasteiger partial charge < -0.3 is 14.1 Å². The number of esters is 1. The first-order valence-electron chi connectivity index (χ1n) is 9.24. The second kappa shape index (κ2) is 8.08. The number of amides is 1. The van der Waals surface area contributed by atoms with Crippen LogP contribution in [-0.4, -0.2) is 30.0 Å². The number of fused-ring (bicyclic) bond motifs is 1. The second-order valence-corrected chi connectivity index (χ2v) is 6.63. The summed E-state index contributed by atoms with van der Waals surface area (Å²) in [6.07, 6.45) is 3.25. The van der Waals surface area contributed by atoms with Crippen molar-refractivity contribution in [1.82, 2.24) is 4.98 Å². The van der Waals surface area contributed by atoms with E-state index in [2.05, 4.69) is 4.98 Å². The van der Waals surface area contributed by atoms with E-state index >= 15 is 0 Å². The first-order chi connectivity index (χ1) is 13.7. The molecule has 4 rings (SSSR count). The largest absolute Gasteiger partial charge is 0.455 e. The number of anilines is 1. The molecule has 0 radical (unpaired) electrons. The van der Waals surface area contributed by atoms with Crippen molar-refractivity contribution < 1.29 is 18.7 Å².